The zero-order valence-corrected chi connectivity index (χ0v) is 10.7. The predicted molar refractivity (Wildman–Crippen MR) is 66.1 cm³/mol. The molecule has 1 heterocycles. The van der Waals surface area contributed by atoms with Crippen LogP contribution in [0.15, 0.2) is 24.3 Å². The Morgan fingerprint density at radius 1 is 1.30 bits per heavy atom. The van der Waals surface area contributed by atoms with Gasteiger partial charge in [0.25, 0.3) is 0 Å². The SMILES string of the molecule is CC1CCNC(=O)N(c2cccc(C(F)(F)F)c2)C1=O. The molecule has 0 saturated carbocycles. The molecule has 0 spiro atoms. The quantitative estimate of drug-likeness (QED) is 0.863. The number of halogens is 3. The van der Waals surface area contributed by atoms with Crippen molar-refractivity contribution in [2.24, 2.45) is 5.92 Å². The summed E-state index contributed by atoms with van der Waals surface area (Å²) in [5, 5.41) is 2.50. The monoisotopic (exact) mass is 286 g/mol. The molecule has 1 fully saturated rings. The first-order valence-corrected chi connectivity index (χ1v) is 6.10. The van der Waals surface area contributed by atoms with Gasteiger partial charge in [-0.05, 0) is 24.6 Å². The van der Waals surface area contributed by atoms with Crippen molar-refractivity contribution in [2.75, 3.05) is 11.4 Å². The second-order valence-electron chi connectivity index (χ2n) is 4.64. The summed E-state index contributed by atoms with van der Waals surface area (Å²) in [6.07, 6.45) is -4.06. The average molecular weight is 286 g/mol. The number of carbonyl (C=O) groups is 2. The summed E-state index contributed by atoms with van der Waals surface area (Å²) in [6.45, 7) is 1.96. The number of amides is 3. The van der Waals surface area contributed by atoms with Gasteiger partial charge in [-0.15, -0.1) is 0 Å². The highest BCUT2D eigenvalue weighted by molar-refractivity contribution is 6.15. The van der Waals surface area contributed by atoms with Gasteiger partial charge in [0.05, 0.1) is 11.3 Å². The Hall–Kier alpha value is -2.05. The lowest BCUT2D eigenvalue weighted by Gasteiger charge is -2.21. The minimum atomic E-state index is -4.52. The molecule has 1 N–H and O–H groups in total. The summed E-state index contributed by atoms with van der Waals surface area (Å²) < 4.78 is 38.0. The van der Waals surface area contributed by atoms with Crippen molar-refractivity contribution >= 4 is 17.6 Å². The number of benzene rings is 1. The molecular weight excluding hydrogens is 273 g/mol. The van der Waals surface area contributed by atoms with Gasteiger partial charge in [-0.2, -0.15) is 13.2 Å². The van der Waals surface area contributed by atoms with E-state index in [9.17, 15) is 22.8 Å². The average Bonchev–Trinajstić information content (AvgIpc) is 2.49. The van der Waals surface area contributed by atoms with Crippen molar-refractivity contribution < 1.29 is 22.8 Å². The number of imide groups is 1. The van der Waals surface area contributed by atoms with Crippen LogP contribution in [0.1, 0.15) is 18.9 Å². The fourth-order valence-electron chi connectivity index (χ4n) is 1.98. The number of nitrogens with one attached hydrogen (secondary N) is 1. The standard InChI is InChI=1S/C13H13F3N2O2/c1-8-5-6-17-12(20)18(11(8)19)10-4-2-3-9(7-10)13(14,15)16/h2-4,7-8H,5-6H2,1H3,(H,17,20). The van der Waals surface area contributed by atoms with Crippen LogP contribution in [-0.2, 0) is 11.0 Å². The van der Waals surface area contributed by atoms with Gasteiger partial charge in [0.2, 0.25) is 5.91 Å². The van der Waals surface area contributed by atoms with E-state index in [1.54, 1.807) is 6.92 Å². The molecule has 0 aliphatic carbocycles. The summed E-state index contributed by atoms with van der Waals surface area (Å²) in [6, 6.07) is 3.49. The minimum absolute atomic E-state index is 0.0731. The lowest BCUT2D eigenvalue weighted by atomic mass is 10.1. The minimum Gasteiger partial charge on any atom is -0.337 e. The highest BCUT2D eigenvalue weighted by atomic mass is 19.4. The van der Waals surface area contributed by atoms with Crippen LogP contribution in [0.4, 0.5) is 23.7 Å². The summed E-state index contributed by atoms with van der Waals surface area (Å²) in [5.74, 6) is -0.928. The Labute approximate surface area is 113 Å². The van der Waals surface area contributed by atoms with E-state index in [-0.39, 0.29) is 5.69 Å². The van der Waals surface area contributed by atoms with Gasteiger partial charge in [0, 0.05) is 12.5 Å². The Morgan fingerprint density at radius 3 is 2.65 bits per heavy atom. The number of alkyl halides is 3. The normalized spacial score (nSPS) is 20.6. The third-order valence-electron chi connectivity index (χ3n) is 3.13. The molecule has 20 heavy (non-hydrogen) atoms. The largest absolute Gasteiger partial charge is 0.416 e. The molecule has 1 unspecified atom stereocenters. The molecule has 3 amide bonds. The van der Waals surface area contributed by atoms with E-state index in [2.05, 4.69) is 5.32 Å². The van der Waals surface area contributed by atoms with E-state index < -0.39 is 29.6 Å². The lowest BCUT2D eigenvalue weighted by Crippen LogP contribution is -2.42. The van der Waals surface area contributed by atoms with Crippen LogP contribution in [-0.4, -0.2) is 18.5 Å². The molecule has 7 heteroatoms. The van der Waals surface area contributed by atoms with Crippen LogP contribution >= 0.6 is 0 Å². The van der Waals surface area contributed by atoms with E-state index in [1.807, 2.05) is 0 Å². The highest BCUT2D eigenvalue weighted by Gasteiger charge is 2.34. The van der Waals surface area contributed by atoms with Gasteiger partial charge < -0.3 is 5.32 Å². The summed E-state index contributed by atoms with van der Waals surface area (Å²) in [7, 11) is 0. The van der Waals surface area contributed by atoms with Gasteiger partial charge in [-0.25, -0.2) is 9.69 Å². The molecule has 1 atom stereocenters. The number of carbonyl (C=O) groups excluding carboxylic acids is 2. The van der Waals surface area contributed by atoms with E-state index >= 15 is 0 Å². The Balaban J connectivity index is 2.42. The fourth-order valence-corrected chi connectivity index (χ4v) is 1.98. The summed E-state index contributed by atoms with van der Waals surface area (Å²) in [4.78, 5) is 24.7. The third kappa shape index (κ3) is 2.76. The molecule has 2 rings (SSSR count). The Morgan fingerprint density at radius 2 is 2.00 bits per heavy atom. The van der Waals surface area contributed by atoms with Crippen molar-refractivity contribution in [1.82, 2.24) is 5.32 Å². The van der Waals surface area contributed by atoms with Crippen LogP contribution in [0, 0.1) is 5.92 Å². The third-order valence-corrected chi connectivity index (χ3v) is 3.13. The number of nitrogens with zero attached hydrogens (tertiary/aromatic N) is 1. The van der Waals surface area contributed by atoms with Gasteiger partial charge >= 0.3 is 12.2 Å². The maximum absolute atomic E-state index is 12.7. The van der Waals surface area contributed by atoms with Crippen LogP contribution in [0.25, 0.3) is 0 Å². The van der Waals surface area contributed by atoms with Gasteiger partial charge in [0.15, 0.2) is 0 Å². The number of hydrogen-bond acceptors (Lipinski definition) is 2. The van der Waals surface area contributed by atoms with Crippen molar-refractivity contribution in [2.45, 2.75) is 19.5 Å². The zero-order valence-electron chi connectivity index (χ0n) is 10.7. The molecule has 0 bridgehead atoms. The zero-order chi connectivity index (χ0) is 14.9. The Kier molecular flexibility index (Phi) is 3.69. The smallest absolute Gasteiger partial charge is 0.337 e. The molecular formula is C13H13F3N2O2. The van der Waals surface area contributed by atoms with Crippen molar-refractivity contribution in [3.63, 3.8) is 0 Å². The summed E-state index contributed by atoms with van der Waals surface area (Å²) in [5.41, 5.74) is -0.969. The molecule has 0 radical (unpaired) electrons. The van der Waals surface area contributed by atoms with Gasteiger partial charge in [-0.3, -0.25) is 4.79 Å². The lowest BCUT2D eigenvalue weighted by molar-refractivity contribution is -0.137. The topological polar surface area (TPSA) is 49.4 Å². The van der Waals surface area contributed by atoms with E-state index in [0.717, 1.165) is 17.0 Å². The molecule has 1 aromatic carbocycles. The molecule has 108 valence electrons. The number of rotatable bonds is 1. The van der Waals surface area contributed by atoms with Crippen molar-refractivity contribution in [3.8, 4) is 0 Å². The Bertz CT molecular complexity index is 543. The first-order valence-electron chi connectivity index (χ1n) is 6.10. The molecule has 0 aromatic heterocycles. The molecule has 1 aliphatic heterocycles. The van der Waals surface area contributed by atoms with Crippen LogP contribution in [0.5, 0.6) is 0 Å². The maximum Gasteiger partial charge on any atom is 0.416 e. The van der Waals surface area contributed by atoms with Crippen LogP contribution in [0.2, 0.25) is 0 Å². The van der Waals surface area contributed by atoms with Gasteiger partial charge in [0.1, 0.15) is 0 Å². The molecule has 4 nitrogen and oxygen atoms in total. The second kappa shape index (κ2) is 5.15. The highest BCUT2D eigenvalue weighted by Crippen LogP contribution is 2.32. The summed E-state index contributed by atoms with van der Waals surface area (Å²) >= 11 is 0. The van der Waals surface area contributed by atoms with Crippen LogP contribution < -0.4 is 10.2 Å². The van der Waals surface area contributed by atoms with E-state index in [4.69, 9.17) is 0 Å². The fraction of sp³-hybridized carbons (Fsp3) is 0.385. The van der Waals surface area contributed by atoms with E-state index in [1.165, 1.54) is 12.1 Å². The second-order valence-corrected chi connectivity index (χ2v) is 4.64. The van der Waals surface area contributed by atoms with Crippen molar-refractivity contribution in [3.05, 3.63) is 29.8 Å². The predicted octanol–water partition coefficient (Wildman–Crippen LogP) is 2.79. The molecule has 1 saturated heterocycles. The first kappa shape index (κ1) is 14.4. The number of hydrogen-bond donors (Lipinski definition) is 1. The number of urea groups is 1. The first-order chi connectivity index (χ1) is 9.30. The number of anilines is 1. The van der Waals surface area contributed by atoms with Crippen molar-refractivity contribution in [1.29, 1.82) is 0 Å². The van der Waals surface area contributed by atoms with Gasteiger partial charge in [-0.1, -0.05) is 13.0 Å². The van der Waals surface area contributed by atoms with Crippen LogP contribution in [0.3, 0.4) is 0 Å². The maximum atomic E-state index is 12.7. The molecule has 1 aromatic rings. The van der Waals surface area contributed by atoms with E-state index in [0.29, 0.717) is 13.0 Å². The molecule has 1 aliphatic rings.